The van der Waals surface area contributed by atoms with Crippen LogP contribution < -0.4 is 9.47 Å². The summed E-state index contributed by atoms with van der Waals surface area (Å²) in [5.74, 6) is 2.06. The number of ether oxygens (including phenoxy) is 2. The van der Waals surface area contributed by atoms with E-state index in [-0.39, 0.29) is 6.10 Å². The molecule has 0 radical (unpaired) electrons. The van der Waals surface area contributed by atoms with Gasteiger partial charge in [-0.1, -0.05) is 6.07 Å². The zero-order valence-electron chi connectivity index (χ0n) is 7.79. The molecule has 0 aliphatic heterocycles. The Morgan fingerprint density at radius 2 is 2.08 bits per heavy atom. The van der Waals surface area contributed by atoms with Crippen molar-refractivity contribution in [2.45, 2.75) is 13.0 Å². The molecule has 1 aromatic carbocycles. The molecule has 0 aliphatic rings. The number of methoxy groups -OCH3 is 1. The van der Waals surface area contributed by atoms with Crippen LogP contribution in [0.3, 0.4) is 0 Å². The molecule has 72 valence electrons. The first kappa shape index (κ1) is 10.2. The molecule has 0 heterocycles. The van der Waals surface area contributed by atoms with Crippen LogP contribution in [0.4, 0.5) is 0 Å². The fraction of sp³-hybridized carbons (Fsp3) is 0.400. The molecule has 0 spiro atoms. The third-order valence-electron chi connectivity index (χ3n) is 1.60. The van der Waals surface area contributed by atoms with E-state index in [1.807, 2.05) is 31.2 Å². The largest absolute Gasteiger partial charge is 0.497 e. The summed E-state index contributed by atoms with van der Waals surface area (Å²) in [7, 11) is 1.63. The van der Waals surface area contributed by atoms with Crippen molar-refractivity contribution in [1.29, 1.82) is 0 Å². The van der Waals surface area contributed by atoms with E-state index < -0.39 is 0 Å². The van der Waals surface area contributed by atoms with Crippen molar-refractivity contribution < 1.29 is 9.47 Å². The third kappa shape index (κ3) is 3.15. The van der Waals surface area contributed by atoms with Gasteiger partial charge >= 0.3 is 0 Å². The lowest BCUT2D eigenvalue weighted by molar-refractivity contribution is 0.244. The van der Waals surface area contributed by atoms with E-state index in [0.717, 1.165) is 11.5 Å². The first-order chi connectivity index (χ1) is 6.26. The van der Waals surface area contributed by atoms with E-state index in [0.29, 0.717) is 5.88 Å². The molecule has 0 N–H and O–H groups in total. The maximum absolute atomic E-state index is 5.62. The van der Waals surface area contributed by atoms with Gasteiger partial charge in [0, 0.05) is 6.07 Å². The van der Waals surface area contributed by atoms with E-state index in [4.69, 9.17) is 21.1 Å². The van der Waals surface area contributed by atoms with Crippen molar-refractivity contribution in [1.82, 2.24) is 0 Å². The van der Waals surface area contributed by atoms with Gasteiger partial charge < -0.3 is 9.47 Å². The Balaban J connectivity index is 2.66. The summed E-state index contributed by atoms with van der Waals surface area (Å²) in [6.45, 7) is 1.92. The zero-order valence-corrected chi connectivity index (χ0v) is 8.54. The summed E-state index contributed by atoms with van der Waals surface area (Å²) in [6.07, 6.45) is 0.0220. The predicted molar refractivity (Wildman–Crippen MR) is 53.8 cm³/mol. The first-order valence-corrected chi connectivity index (χ1v) is 4.66. The fourth-order valence-electron chi connectivity index (χ4n) is 0.938. The van der Waals surface area contributed by atoms with Gasteiger partial charge in [0.15, 0.2) is 0 Å². The minimum atomic E-state index is 0.0220. The normalized spacial score (nSPS) is 12.2. The van der Waals surface area contributed by atoms with Crippen LogP contribution in [0.5, 0.6) is 11.5 Å². The Hall–Kier alpha value is -0.890. The van der Waals surface area contributed by atoms with Gasteiger partial charge in [-0.3, -0.25) is 0 Å². The Bertz CT molecular complexity index is 263. The topological polar surface area (TPSA) is 18.5 Å². The molecule has 1 unspecified atom stereocenters. The van der Waals surface area contributed by atoms with E-state index in [1.54, 1.807) is 7.11 Å². The summed E-state index contributed by atoms with van der Waals surface area (Å²) in [4.78, 5) is 0. The van der Waals surface area contributed by atoms with E-state index in [9.17, 15) is 0 Å². The van der Waals surface area contributed by atoms with Gasteiger partial charge in [-0.2, -0.15) is 0 Å². The van der Waals surface area contributed by atoms with E-state index in [2.05, 4.69) is 0 Å². The molecule has 0 saturated heterocycles. The lowest BCUT2D eigenvalue weighted by Crippen LogP contribution is -2.12. The average molecular weight is 201 g/mol. The minimum Gasteiger partial charge on any atom is -0.497 e. The molecular formula is C10H13ClO2. The highest BCUT2D eigenvalue weighted by molar-refractivity contribution is 6.18. The molecule has 0 saturated carbocycles. The molecule has 0 bridgehead atoms. The zero-order chi connectivity index (χ0) is 9.68. The van der Waals surface area contributed by atoms with Crippen molar-refractivity contribution in [3.63, 3.8) is 0 Å². The van der Waals surface area contributed by atoms with E-state index in [1.165, 1.54) is 0 Å². The van der Waals surface area contributed by atoms with E-state index >= 15 is 0 Å². The maximum Gasteiger partial charge on any atom is 0.123 e. The summed E-state index contributed by atoms with van der Waals surface area (Å²) >= 11 is 5.62. The lowest BCUT2D eigenvalue weighted by atomic mass is 10.3. The van der Waals surface area contributed by atoms with Crippen LogP contribution in [0.25, 0.3) is 0 Å². The summed E-state index contributed by atoms with van der Waals surface area (Å²) in [6, 6.07) is 7.47. The third-order valence-corrected chi connectivity index (χ3v) is 2.03. The van der Waals surface area contributed by atoms with Crippen molar-refractivity contribution in [3.05, 3.63) is 24.3 Å². The van der Waals surface area contributed by atoms with Gasteiger partial charge in [0.1, 0.15) is 17.6 Å². The molecular weight excluding hydrogens is 188 g/mol. The monoisotopic (exact) mass is 200 g/mol. The van der Waals surface area contributed by atoms with Gasteiger partial charge in [-0.25, -0.2) is 0 Å². The number of hydrogen-bond acceptors (Lipinski definition) is 2. The average Bonchev–Trinajstić information content (AvgIpc) is 2.18. The van der Waals surface area contributed by atoms with Crippen LogP contribution in [-0.2, 0) is 0 Å². The highest BCUT2D eigenvalue weighted by Crippen LogP contribution is 2.19. The molecule has 0 aromatic heterocycles. The molecule has 1 atom stereocenters. The number of rotatable bonds is 4. The van der Waals surface area contributed by atoms with Crippen molar-refractivity contribution in [3.8, 4) is 11.5 Å². The second-order valence-electron chi connectivity index (χ2n) is 2.76. The lowest BCUT2D eigenvalue weighted by Gasteiger charge is -2.11. The second-order valence-corrected chi connectivity index (χ2v) is 3.07. The van der Waals surface area contributed by atoms with Crippen LogP contribution in [-0.4, -0.2) is 19.1 Å². The smallest absolute Gasteiger partial charge is 0.123 e. The fourth-order valence-corrected chi connectivity index (χ4v) is 1.00. The number of alkyl halides is 1. The quantitative estimate of drug-likeness (QED) is 0.696. The van der Waals surface area contributed by atoms with Crippen LogP contribution >= 0.6 is 11.6 Å². The maximum atomic E-state index is 5.62. The Morgan fingerprint density at radius 3 is 2.69 bits per heavy atom. The molecule has 2 nitrogen and oxygen atoms in total. The highest BCUT2D eigenvalue weighted by Gasteiger charge is 2.02. The van der Waals surface area contributed by atoms with Gasteiger partial charge in [0.2, 0.25) is 0 Å². The predicted octanol–water partition coefficient (Wildman–Crippen LogP) is 2.70. The molecule has 13 heavy (non-hydrogen) atoms. The first-order valence-electron chi connectivity index (χ1n) is 4.13. The summed E-state index contributed by atoms with van der Waals surface area (Å²) in [5, 5.41) is 0. The summed E-state index contributed by atoms with van der Waals surface area (Å²) < 4.78 is 10.6. The molecule has 3 heteroatoms. The van der Waals surface area contributed by atoms with Crippen LogP contribution in [0, 0.1) is 0 Å². The van der Waals surface area contributed by atoms with Crippen LogP contribution in [0.2, 0.25) is 0 Å². The molecule has 1 aromatic rings. The van der Waals surface area contributed by atoms with Gasteiger partial charge in [-0.05, 0) is 19.1 Å². The molecule has 1 rings (SSSR count). The van der Waals surface area contributed by atoms with Crippen LogP contribution in [0.15, 0.2) is 24.3 Å². The number of benzene rings is 1. The SMILES string of the molecule is COc1cccc(OC(C)CCl)c1. The van der Waals surface area contributed by atoms with Crippen molar-refractivity contribution in [2.75, 3.05) is 13.0 Å². The number of hydrogen-bond donors (Lipinski definition) is 0. The highest BCUT2D eigenvalue weighted by atomic mass is 35.5. The van der Waals surface area contributed by atoms with Gasteiger partial charge in [0.05, 0.1) is 13.0 Å². The molecule has 0 aliphatic carbocycles. The van der Waals surface area contributed by atoms with Crippen molar-refractivity contribution >= 4 is 11.6 Å². The second kappa shape index (κ2) is 4.97. The molecule has 0 amide bonds. The number of halogens is 1. The van der Waals surface area contributed by atoms with Crippen molar-refractivity contribution in [2.24, 2.45) is 0 Å². The Kier molecular flexibility index (Phi) is 3.90. The van der Waals surface area contributed by atoms with Gasteiger partial charge in [0.25, 0.3) is 0 Å². The molecule has 0 fully saturated rings. The minimum absolute atomic E-state index is 0.0220. The Labute approximate surface area is 83.4 Å². The van der Waals surface area contributed by atoms with Crippen LogP contribution in [0.1, 0.15) is 6.92 Å². The Morgan fingerprint density at radius 1 is 1.38 bits per heavy atom. The summed E-state index contributed by atoms with van der Waals surface area (Å²) in [5.41, 5.74) is 0. The standard InChI is InChI=1S/C10H13ClO2/c1-8(7-11)13-10-5-3-4-9(6-10)12-2/h3-6,8H,7H2,1-2H3. The van der Waals surface area contributed by atoms with Gasteiger partial charge in [-0.15, -0.1) is 11.6 Å².